The fourth-order valence-corrected chi connectivity index (χ4v) is 2.37. The van der Waals surface area contributed by atoms with Gasteiger partial charge in [0, 0.05) is 19.3 Å². The lowest BCUT2D eigenvalue weighted by atomic mass is 9.99. The average molecular weight is 261 g/mol. The molecule has 2 rings (SSSR count). The summed E-state index contributed by atoms with van der Waals surface area (Å²) in [6.07, 6.45) is 3.02. The van der Waals surface area contributed by atoms with E-state index in [1.54, 1.807) is 7.05 Å². The molecule has 1 atom stereocenters. The third kappa shape index (κ3) is 4.56. The lowest BCUT2D eigenvalue weighted by molar-refractivity contribution is -0.119. The van der Waals surface area contributed by atoms with Gasteiger partial charge in [0.25, 0.3) is 0 Å². The maximum atomic E-state index is 11.3. The van der Waals surface area contributed by atoms with Gasteiger partial charge in [-0.1, -0.05) is 12.1 Å². The Balaban J connectivity index is 1.79. The van der Waals surface area contributed by atoms with E-state index in [0.717, 1.165) is 36.8 Å². The zero-order valence-electron chi connectivity index (χ0n) is 11.5. The topological polar surface area (TPSA) is 53.2 Å². The number of carbonyl (C=O) groups excluding carboxylic acids is 1. The second kappa shape index (κ2) is 7.14. The van der Waals surface area contributed by atoms with Gasteiger partial charge in [-0.2, -0.15) is 0 Å². The smallest absolute Gasteiger partial charge is 0.224 e. The molecule has 104 valence electrons. The summed E-state index contributed by atoms with van der Waals surface area (Å²) >= 11 is 0. The van der Waals surface area contributed by atoms with Crippen molar-refractivity contribution in [1.29, 1.82) is 0 Å². The van der Waals surface area contributed by atoms with Gasteiger partial charge in [-0.15, -0.1) is 0 Å². The number of benzene rings is 1. The van der Waals surface area contributed by atoms with Crippen LogP contribution >= 0.6 is 0 Å². The minimum Gasteiger partial charge on any atom is -0.385 e. The normalized spacial score (nSPS) is 18.9. The van der Waals surface area contributed by atoms with Crippen LogP contribution in [0.5, 0.6) is 0 Å². The highest BCUT2D eigenvalue weighted by molar-refractivity contribution is 5.78. The summed E-state index contributed by atoms with van der Waals surface area (Å²) in [6, 6.07) is 8.12. The minimum absolute atomic E-state index is 0.0500. The first-order valence-electron chi connectivity index (χ1n) is 7.02. The largest absolute Gasteiger partial charge is 0.385 e. The molecule has 0 aliphatic carbocycles. The second-order valence-corrected chi connectivity index (χ2v) is 5.14. The second-order valence-electron chi connectivity index (χ2n) is 5.14. The van der Waals surface area contributed by atoms with Crippen LogP contribution in [0.3, 0.4) is 0 Å². The van der Waals surface area contributed by atoms with Gasteiger partial charge in [-0.25, -0.2) is 0 Å². The Morgan fingerprint density at radius 3 is 2.79 bits per heavy atom. The highest BCUT2D eigenvalue weighted by Gasteiger charge is 2.12. The van der Waals surface area contributed by atoms with E-state index < -0.39 is 0 Å². The van der Waals surface area contributed by atoms with Crippen LogP contribution in [0, 0.1) is 5.92 Å². The predicted octanol–water partition coefficient (Wildman–Crippen LogP) is 1.39. The maximum Gasteiger partial charge on any atom is 0.224 e. The van der Waals surface area contributed by atoms with Crippen molar-refractivity contribution in [2.24, 2.45) is 5.92 Å². The molecule has 3 N–H and O–H groups in total. The average Bonchev–Trinajstić information content (AvgIpc) is 2.47. The Kier molecular flexibility index (Phi) is 5.21. The molecule has 0 aromatic heterocycles. The summed E-state index contributed by atoms with van der Waals surface area (Å²) in [5, 5.41) is 9.53. The number of amides is 1. The van der Waals surface area contributed by atoms with Gasteiger partial charge >= 0.3 is 0 Å². The molecule has 0 bridgehead atoms. The quantitative estimate of drug-likeness (QED) is 0.751. The third-order valence-corrected chi connectivity index (χ3v) is 3.59. The highest BCUT2D eigenvalue weighted by atomic mass is 16.1. The zero-order valence-corrected chi connectivity index (χ0v) is 11.5. The number of anilines is 1. The number of piperidine rings is 1. The fraction of sp³-hybridized carbons (Fsp3) is 0.533. The number of nitrogens with one attached hydrogen (secondary N) is 3. The third-order valence-electron chi connectivity index (χ3n) is 3.59. The van der Waals surface area contributed by atoms with Crippen LogP contribution in [0.25, 0.3) is 0 Å². The molecule has 1 amide bonds. The number of rotatable bonds is 5. The molecule has 1 aromatic rings. The van der Waals surface area contributed by atoms with E-state index in [1.165, 1.54) is 12.8 Å². The van der Waals surface area contributed by atoms with Crippen LogP contribution in [0.1, 0.15) is 18.4 Å². The molecule has 1 fully saturated rings. The van der Waals surface area contributed by atoms with E-state index in [4.69, 9.17) is 0 Å². The SMILES string of the molecule is CNC(=O)Cc1ccc(NCC2CCCNC2)cc1. The van der Waals surface area contributed by atoms with Gasteiger partial charge in [0.05, 0.1) is 6.42 Å². The number of likely N-dealkylation sites (N-methyl/N-ethyl adjacent to an activating group) is 1. The lowest BCUT2D eigenvalue weighted by Gasteiger charge is -2.23. The molecule has 1 aliphatic heterocycles. The van der Waals surface area contributed by atoms with Crippen molar-refractivity contribution >= 4 is 11.6 Å². The molecule has 1 aromatic carbocycles. The monoisotopic (exact) mass is 261 g/mol. The Morgan fingerprint density at radius 2 is 2.16 bits per heavy atom. The summed E-state index contributed by atoms with van der Waals surface area (Å²) in [5.74, 6) is 0.772. The van der Waals surface area contributed by atoms with Gasteiger partial charge in [-0.05, 0) is 49.5 Å². The van der Waals surface area contributed by atoms with E-state index in [1.807, 2.05) is 12.1 Å². The molecule has 1 unspecified atom stereocenters. The van der Waals surface area contributed by atoms with Crippen LogP contribution in [0.2, 0.25) is 0 Å². The summed E-state index contributed by atoms with van der Waals surface area (Å²) < 4.78 is 0. The van der Waals surface area contributed by atoms with Crippen molar-refractivity contribution < 1.29 is 4.79 Å². The van der Waals surface area contributed by atoms with E-state index in [0.29, 0.717) is 6.42 Å². The zero-order chi connectivity index (χ0) is 13.5. The minimum atomic E-state index is 0.0500. The molecular formula is C15H23N3O. The summed E-state index contributed by atoms with van der Waals surface area (Å²) in [6.45, 7) is 3.29. The highest BCUT2D eigenvalue weighted by Crippen LogP contribution is 2.14. The Bertz CT molecular complexity index is 396. The molecule has 0 radical (unpaired) electrons. The van der Waals surface area contributed by atoms with Crippen molar-refractivity contribution in [3.05, 3.63) is 29.8 Å². The first-order chi connectivity index (χ1) is 9.28. The number of hydrogen-bond donors (Lipinski definition) is 3. The van der Waals surface area contributed by atoms with Crippen LogP contribution in [0.15, 0.2) is 24.3 Å². The van der Waals surface area contributed by atoms with Crippen LogP contribution in [0.4, 0.5) is 5.69 Å². The molecule has 4 heteroatoms. The molecular weight excluding hydrogens is 238 g/mol. The molecule has 1 aliphatic rings. The van der Waals surface area contributed by atoms with Crippen LogP contribution < -0.4 is 16.0 Å². The molecule has 19 heavy (non-hydrogen) atoms. The van der Waals surface area contributed by atoms with Crippen molar-refractivity contribution in [3.63, 3.8) is 0 Å². The Morgan fingerprint density at radius 1 is 1.37 bits per heavy atom. The first kappa shape index (κ1) is 13.9. The van der Waals surface area contributed by atoms with E-state index in [9.17, 15) is 4.79 Å². The predicted molar refractivity (Wildman–Crippen MR) is 78.3 cm³/mol. The van der Waals surface area contributed by atoms with Gasteiger partial charge < -0.3 is 16.0 Å². The fourth-order valence-electron chi connectivity index (χ4n) is 2.37. The van der Waals surface area contributed by atoms with Crippen molar-refractivity contribution in [2.75, 3.05) is 32.0 Å². The van der Waals surface area contributed by atoms with Gasteiger partial charge in [0.1, 0.15) is 0 Å². The summed E-state index contributed by atoms with van der Waals surface area (Å²) in [5.41, 5.74) is 2.18. The number of carbonyl (C=O) groups is 1. The molecule has 1 heterocycles. The van der Waals surface area contributed by atoms with Gasteiger partial charge in [0.2, 0.25) is 5.91 Å². The first-order valence-corrected chi connectivity index (χ1v) is 7.02. The van der Waals surface area contributed by atoms with Crippen molar-refractivity contribution in [2.45, 2.75) is 19.3 Å². The molecule has 4 nitrogen and oxygen atoms in total. The summed E-state index contributed by atoms with van der Waals surface area (Å²) in [4.78, 5) is 11.3. The van der Waals surface area contributed by atoms with E-state index in [2.05, 4.69) is 28.1 Å². The standard InChI is InChI=1S/C15H23N3O/c1-16-15(19)9-12-4-6-14(7-5-12)18-11-13-3-2-8-17-10-13/h4-7,13,17-18H,2-3,8-11H2,1H3,(H,16,19). The van der Waals surface area contributed by atoms with E-state index >= 15 is 0 Å². The molecule has 0 spiro atoms. The number of hydrogen-bond acceptors (Lipinski definition) is 3. The lowest BCUT2D eigenvalue weighted by Crippen LogP contribution is -2.33. The Labute approximate surface area is 115 Å². The van der Waals surface area contributed by atoms with Gasteiger partial charge in [-0.3, -0.25) is 4.79 Å². The maximum absolute atomic E-state index is 11.3. The van der Waals surface area contributed by atoms with Gasteiger partial charge in [0.15, 0.2) is 0 Å². The van der Waals surface area contributed by atoms with Crippen LogP contribution in [-0.2, 0) is 11.2 Å². The van der Waals surface area contributed by atoms with Crippen LogP contribution in [-0.4, -0.2) is 32.6 Å². The van der Waals surface area contributed by atoms with E-state index in [-0.39, 0.29) is 5.91 Å². The van der Waals surface area contributed by atoms with Crippen molar-refractivity contribution in [3.8, 4) is 0 Å². The summed E-state index contributed by atoms with van der Waals surface area (Å²) in [7, 11) is 1.66. The molecule has 1 saturated heterocycles. The Hall–Kier alpha value is -1.55. The van der Waals surface area contributed by atoms with Crippen molar-refractivity contribution in [1.82, 2.24) is 10.6 Å². The molecule has 0 saturated carbocycles.